The Morgan fingerprint density at radius 1 is 1.32 bits per heavy atom. The van der Waals surface area contributed by atoms with E-state index in [1.807, 2.05) is 6.07 Å². The standard InChI is InChI=1S/C13H10N2O4/c16-7-6-10-2-1-3-12(8-10)19-13-5-4-11(9-14-13)15(17)18/h1-5,7-9H,6H2. The van der Waals surface area contributed by atoms with E-state index in [-0.39, 0.29) is 11.6 Å². The Hall–Kier alpha value is -2.76. The van der Waals surface area contributed by atoms with E-state index in [0.29, 0.717) is 12.2 Å². The summed E-state index contributed by atoms with van der Waals surface area (Å²) < 4.78 is 5.45. The third kappa shape index (κ3) is 3.35. The molecule has 0 aliphatic rings. The van der Waals surface area contributed by atoms with Gasteiger partial charge in [0, 0.05) is 18.6 Å². The van der Waals surface area contributed by atoms with Gasteiger partial charge in [-0.15, -0.1) is 0 Å². The lowest BCUT2D eigenvalue weighted by atomic mass is 10.1. The second-order valence-electron chi connectivity index (χ2n) is 3.73. The molecular weight excluding hydrogens is 248 g/mol. The van der Waals surface area contributed by atoms with E-state index < -0.39 is 4.92 Å². The molecule has 0 aliphatic carbocycles. The molecule has 19 heavy (non-hydrogen) atoms. The van der Waals surface area contributed by atoms with Crippen molar-refractivity contribution < 1.29 is 14.5 Å². The van der Waals surface area contributed by atoms with Gasteiger partial charge in [0.15, 0.2) is 0 Å². The Bertz CT molecular complexity index is 596. The van der Waals surface area contributed by atoms with E-state index in [1.165, 1.54) is 12.1 Å². The van der Waals surface area contributed by atoms with Crippen molar-refractivity contribution >= 4 is 12.0 Å². The van der Waals surface area contributed by atoms with Crippen LogP contribution >= 0.6 is 0 Å². The van der Waals surface area contributed by atoms with Crippen molar-refractivity contribution in [3.63, 3.8) is 0 Å². The van der Waals surface area contributed by atoms with Crippen LogP contribution in [0.5, 0.6) is 11.6 Å². The first-order chi connectivity index (χ1) is 9.19. The Kier molecular flexibility index (Phi) is 3.82. The molecule has 1 aromatic carbocycles. The minimum Gasteiger partial charge on any atom is -0.439 e. The molecule has 1 heterocycles. The number of pyridine rings is 1. The summed E-state index contributed by atoms with van der Waals surface area (Å²) in [6.07, 6.45) is 2.25. The fraction of sp³-hybridized carbons (Fsp3) is 0.0769. The average molecular weight is 258 g/mol. The van der Waals surface area contributed by atoms with Gasteiger partial charge in [-0.1, -0.05) is 12.1 Å². The van der Waals surface area contributed by atoms with Crippen LogP contribution in [-0.4, -0.2) is 16.2 Å². The maximum Gasteiger partial charge on any atom is 0.287 e. The molecule has 0 saturated heterocycles. The van der Waals surface area contributed by atoms with Crippen molar-refractivity contribution in [2.24, 2.45) is 0 Å². The molecule has 6 heteroatoms. The van der Waals surface area contributed by atoms with Gasteiger partial charge in [-0.05, 0) is 17.7 Å². The largest absolute Gasteiger partial charge is 0.439 e. The molecule has 0 unspecified atom stereocenters. The second kappa shape index (κ2) is 5.72. The van der Waals surface area contributed by atoms with Gasteiger partial charge in [0.2, 0.25) is 5.88 Å². The van der Waals surface area contributed by atoms with E-state index in [4.69, 9.17) is 4.74 Å². The zero-order valence-corrected chi connectivity index (χ0v) is 9.85. The molecule has 96 valence electrons. The number of ether oxygens (including phenoxy) is 1. The van der Waals surface area contributed by atoms with Gasteiger partial charge in [-0.3, -0.25) is 10.1 Å². The molecule has 6 nitrogen and oxygen atoms in total. The summed E-state index contributed by atoms with van der Waals surface area (Å²) in [5.74, 6) is 0.787. The quantitative estimate of drug-likeness (QED) is 0.467. The lowest BCUT2D eigenvalue weighted by Gasteiger charge is -2.05. The molecule has 0 atom stereocenters. The van der Waals surface area contributed by atoms with Crippen molar-refractivity contribution in [1.82, 2.24) is 4.98 Å². The second-order valence-corrected chi connectivity index (χ2v) is 3.73. The predicted molar refractivity (Wildman–Crippen MR) is 67.2 cm³/mol. The predicted octanol–water partition coefficient (Wildman–Crippen LogP) is 2.52. The van der Waals surface area contributed by atoms with Crippen molar-refractivity contribution in [3.8, 4) is 11.6 Å². The topological polar surface area (TPSA) is 82.3 Å². The highest BCUT2D eigenvalue weighted by Crippen LogP contribution is 2.22. The van der Waals surface area contributed by atoms with Crippen molar-refractivity contribution in [1.29, 1.82) is 0 Å². The summed E-state index contributed by atoms with van der Waals surface area (Å²) in [5, 5.41) is 10.5. The van der Waals surface area contributed by atoms with Crippen LogP contribution in [-0.2, 0) is 11.2 Å². The molecule has 2 rings (SSSR count). The summed E-state index contributed by atoms with van der Waals surface area (Å²) >= 11 is 0. The molecule has 1 aromatic heterocycles. The summed E-state index contributed by atoms with van der Waals surface area (Å²) in [4.78, 5) is 24.2. The van der Waals surface area contributed by atoms with Crippen LogP contribution < -0.4 is 4.74 Å². The van der Waals surface area contributed by atoms with Gasteiger partial charge in [0.1, 0.15) is 18.2 Å². The van der Waals surface area contributed by atoms with Crippen LogP contribution in [0.4, 0.5) is 5.69 Å². The Morgan fingerprint density at radius 2 is 2.16 bits per heavy atom. The molecule has 0 saturated carbocycles. The summed E-state index contributed by atoms with van der Waals surface area (Å²) in [5.41, 5.74) is 0.733. The van der Waals surface area contributed by atoms with Gasteiger partial charge in [-0.2, -0.15) is 0 Å². The third-order valence-corrected chi connectivity index (χ3v) is 2.37. The number of aromatic nitrogens is 1. The number of nitro groups is 1. The number of nitrogens with zero attached hydrogens (tertiary/aromatic N) is 2. The summed E-state index contributed by atoms with van der Waals surface area (Å²) in [7, 11) is 0. The molecule has 0 bridgehead atoms. The van der Waals surface area contributed by atoms with Gasteiger partial charge in [0.05, 0.1) is 4.92 Å². The van der Waals surface area contributed by atoms with Crippen LogP contribution in [0.25, 0.3) is 0 Å². The molecule has 2 aromatic rings. The van der Waals surface area contributed by atoms with E-state index in [2.05, 4.69) is 4.98 Å². The number of aldehydes is 1. The molecule has 0 amide bonds. The van der Waals surface area contributed by atoms with Crippen LogP contribution in [0.2, 0.25) is 0 Å². The van der Waals surface area contributed by atoms with Crippen molar-refractivity contribution in [2.45, 2.75) is 6.42 Å². The Morgan fingerprint density at radius 3 is 2.79 bits per heavy atom. The van der Waals surface area contributed by atoms with Gasteiger partial charge in [-0.25, -0.2) is 4.98 Å². The van der Waals surface area contributed by atoms with Gasteiger partial charge < -0.3 is 9.53 Å². The molecular formula is C13H10N2O4. The number of hydrogen-bond acceptors (Lipinski definition) is 5. The SMILES string of the molecule is O=CCc1cccc(Oc2ccc([N+](=O)[O-])cn2)c1. The highest BCUT2D eigenvalue weighted by Gasteiger charge is 2.06. The lowest BCUT2D eigenvalue weighted by molar-refractivity contribution is -0.385. The van der Waals surface area contributed by atoms with E-state index in [9.17, 15) is 14.9 Å². The number of hydrogen-bond donors (Lipinski definition) is 0. The smallest absolute Gasteiger partial charge is 0.287 e. The molecule has 0 aliphatic heterocycles. The van der Waals surface area contributed by atoms with Crippen LogP contribution in [0.3, 0.4) is 0 Å². The fourth-order valence-corrected chi connectivity index (χ4v) is 1.49. The van der Waals surface area contributed by atoms with Gasteiger partial charge in [0.25, 0.3) is 5.69 Å². The first kappa shape index (κ1) is 12.7. The molecule has 0 radical (unpaired) electrons. The van der Waals surface area contributed by atoms with Crippen molar-refractivity contribution in [3.05, 3.63) is 58.3 Å². The molecule has 0 fully saturated rings. The number of rotatable bonds is 5. The highest BCUT2D eigenvalue weighted by atomic mass is 16.6. The third-order valence-electron chi connectivity index (χ3n) is 2.37. The molecule has 0 spiro atoms. The lowest BCUT2D eigenvalue weighted by Crippen LogP contribution is -1.92. The monoisotopic (exact) mass is 258 g/mol. The summed E-state index contributed by atoms with van der Waals surface area (Å²) in [6, 6.07) is 9.75. The maximum absolute atomic E-state index is 10.5. The van der Waals surface area contributed by atoms with Crippen LogP contribution in [0, 0.1) is 10.1 Å². The Balaban J connectivity index is 2.14. The van der Waals surface area contributed by atoms with Crippen LogP contribution in [0.1, 0.15) is 5.56 Å². The van der Waals surface area contributed by atoms with Gasteiger partial charge >= 0.3 is 0 Å². The van der Waals surface area contributed by atoms with Crippen LogP contribution in [0.15, 0.2) is 42.6 Å². The average Bonchev–Trinajstić information content (AvgIpc) is 2.40. The first-order valence-electron chi connectivity index (χ1n) is 5.50. The number of benzene rings is 1. The van der Waals surface area contributed by atoms with E-state index in [1.54, 1.807) is 18.2 Å². The maximum atomic E-state index is 10.5. The Labute approximate surface area is 108 Å². The minimum absolute atomic E-state index is 0.0953. The number of carbonyl (C=O) groups excluding carboxylic acids is 1. The minimum atomic E-state index is -0.526. The zero-order valence-electron chi connectivity index (χ0n) is 9.85. The zero-order chi connectivity index (χ0) is 13.7. The molecule has 0 N–H and O–H groups in total. The van der Waals surface area contributed by atoms with E-state index in [0.717, 1.165) is 18.0 Å². The highest BCUT2D eigenvalue weighted by molar-refractivity contribution is 5.55. The number of carbonyl (C=O) groups is 1. The van der Waals surface area contributed by atoms with Crippen molar-refractivity contribution in [2.75, 3.05) is 0 Å². The van der Waals surface area contributed by atoms with E-state index >= 15 is 0 Å². The normalized spacial score (nSPS) is 9.89. The summed E-state index contributed by atoms with van der Waals surface area (Å²) in [6.45, 7) is 0. The first-order valence-corrected chi connectivity index (χ1v) is 5.50. The fourth-order valence-electron chi connectivity index (χ4n) is 1.49.